The first-order valence-electron chi connectivity index (χ1n) is 6.10. The highest BCUT2D eigenvalue weighted by Crippen LogP contribution is 2.30. The molecule has 0 fully saturated rings. The van der Waals surface area contributed by atoms with Crippen LogP contribution in [0.5, 0.6) is 0 Å². The molecule has 4 nitrogen and oxygen atoms in total. The molecule has 18 heavy (non-hydrogen) atoms. The van der Waals surface area contributed by atoms with Gasteiger partial charge in [0.1, 0.15) is 0 Å². The lowest BCUT2D eigenvalue weighted by Crippen LogP contribution is -2.48. The molecule has 98 valence electrons. The molecule has 0 aromatic carbocycles. The fourth-order valence-electron chi connectivity index (χ4n) is 2.16. The van der Waals surface area contributed by atoms with E-state index in [2.05, 4.69) is 5.43 Å². The van der Waals surface area contributed by atoms with Gasteiger partial charge in [0.05, 0.1) is 5.56 Å². The third kappa shape index (κ3) is 2.64. The Morgan fingerprint density at radius 2 is 2.28 bits per heavy atom. The molecule has 3 N–H and O–H groups in total. The maximum absolute atomic E-state index is 12.2. The quantitative estimate of drug-likeness (QED) is 0.642. The average Bonchev–Trinajstić information content (AvgIpc) is 2.79. The van der Waals surface area contributed by atoms with Crippen molar-refractivity contribution in [1.29, 1.82) is 0 Å². The van der Waals surface area contributed by atoms with E-state index in [0.717, 1.165) is 24.8 Å². The first-order chi connectivity index (χ1) is 8.63. The molecule has 1 heterocycles. The Bertz CT molecular complexity index is 470. The monoisotopic (exact) mass is 283 g/mol. The summed E-state index contributed by atoms with van der Waals surface area (Å²) >= 11 is 6.56. The van der Waals surface area contributed by atoms with Crippen molar-refractivity contribution in [2.45, 2.75) is 32.6 Å². The maximum Gasteiger partial charge on any atom is 0.270 e. The van der Waals surface area contributed by atoms with E-state index < -0.39 is 0 Å². The second-order valence-electron chi connectivity index (χ2n) is 4.28. The number of carbonyl (C=O) groups excluding carboxylic acids is 1. The van der Waals surface area contributed by atoms with Gasteiger partial charge in [-0.05, 0) is 50.4 Å². The van der Waals surface area contributed by atoms with Crippen LogP contribution in [0.1, 0.15) is 40.6 Å². The fraction of sp³-hybridized carbons (Fsp3) is 0.500. The van der Waals surface area contributed by atoms with Crippen molar-refractivity contribution in [3.05, 3.63) is 21.4 Å². The van der Waals surface area contributed by atoms with Crippen molar-refractivity contribution in [2.75, 3.05) is 6.54 Å². The number of thiophene rings is 1. The normalized spacial score (nSPS) is 13.8. The van der Waals surface area contributed by atoms with Gasteiger partial charge in [0.15, 0.2) is 5.11 Å². The molecule has 0 saturated heterocycles. The number of hydrazine groups is 1. The van der Waals surface area contributed by atoms with E-state index in [1.165, 1.54) is 21.9 Å². The van der Waals surface area contributed by atoms with Crippen LogP contribution >= 0.6 is 23.6 Å². The highest BCUT2D eigenvalue weighted by molar-refractivity contribution is 7.80. The Morgan fingerprint density at radius 3 is 2.94 bits per heavy atom. The van der Waals surface area contributed by atoms with Crippen molar-refractivity contribution >= 4 is 34.6 Å². The predicted molar refractivity (Wildman–Crippen MR) is 77.6 cm³/mol. The number of nitrogens with two attached hydrogens (primary N) is 1. The van der Waals surface area contributed by atoms with Gasteiger partial charge in [-0.3, -0.25) is 15.2 Å². The zero-order valence-electron chi connectivity index (χ0n) is 10.4. The van der Waals surface area contributed by atoms with E-state index in [1.54, 1.807) is 11.3 Å². The topological polar surface area (TPSA) is 58.4 Å². The van der Waals surface area contributed by atoms with E-state index in [1.807, 2.05) is 12.3 Å². The number of fused-ring (bicyclic) bond motifs is 1. The number of thiocarbonyl (C=S) groups is 1. The van der Waals surface area contributed by atoms with Gasteiger partial charge in [-0.15, -0.1) is 11.3 Å². The zero-order valence-corrected chi connectivity index (χ0v) is 12.0. The van der Waals surface area contributed by atoms with Crippen molar-refractivity contribution in [3.63, 3.8) is 0 Å². The van der Waals surface area contributed by atoms with Crippen LogP contribution in [0.25, 0.3) is 0 Å². The highest BCUT2D eigenvalue weighted by atomic mass is 32.1. The van der Waals surface area contributed by atoms with E-state index in [9.17, 15) is 4.79 Å². The van der Waals surface area contributed by atoms with Crippen molar-refractivity contribution in [2.24, 2.45) is 5.73 Å². The number of nitrogens with one attached hydrogen (secondary N) is 1. The average molecular weight is 283 g/mol. The molecule has 0 atom stereocenters. The van der Waals surface area contributed by atoms with Crippen molar-refractivity contribution in [3.8, 4) is 0 Å². The number of amides is 1. The molecule has 0 aliphatic heterocycles. The van der Waals surface area contributed by atoms with Gasteiger partial charge >= 0.3 is 0 Å². The molecule has 1 aromatic heterocycles. The smallest absolute Gasteiger partial charge is 0.270 e. The summed E-state index contributed by atoms with van der Waals surface area (Å²) in [5.41, 5.74) is 10.3. The largest absolute Gasteiger partial charge is 0.375 e. The van der Waals surface area contributed by atoms with E-state index in [-0.39, 0.29) is 11.0 Å². The second kappa shape index (κ2) is 5.67. The molecule has 1 aromatic rings. The summed E-state index contributed by atoms with van der Waals surface area (Å²) in [7, 11) is 0. The van der Waals surface area contributed by atoms with Gasteiger partial charge in [0.25, 0.3) is 5.91 Å². The second-order valence-corrected chi connectivity index (χ2v) is 5.66. The molecule has 0 unspecified atom stereocenters. The lowest BCUT2D eigenvalue weighted by atomic mass is 9.96. The third-order valence-electron chi connectivity index (χ3n) is 3.12. The summed E-state index contributed by atoms with van der Waals surface area (Å²) in [6, 6.07) is 0. The lowest BCUT2D eigenvalue weighted by molar-refractivity contribution is 0.0874. The minimum Gasteiger partial charge on any atom is -0.375 e. The number of hydrogen-bond donors (Lipinski definition) is 2. The number of aryl methyl sites for hydroxylation is 1. The molecule has 2 rings (SSSR count). The van der Waals surface area contributed by atoms with Crippen LogP contribution in [-0.2, 0) is 12.8 Å². The van der Waals surface area contributed by atoms with Crippen LogP contribution in [0.4, 0.5) is 0 Å². The van der Waals surface area contributed by atoms with Crippen molar-refractivity contribution in [1.82, 2.24) is 10.4 Å². The summed E-state index contributed by atoms with van der Waals surface area (Å²) in [6.45, 7) is 2.45. The van der Waals surface area contributed by atoms with Crippen LogP contribution in [-0.4, -0.2) is 22.6 Å². The number of carbonyl (C=O) groups is 1. The van der Waals surface area contributed by atoms with E-state index in [0.29, 0.717) is 6.54 Å². The first-order valence-corrected chi connectivity index (χ1v) is 7.39. The molecule has 1 aliphatic rings. The summed E-state index contributed by atoms with van der Waals surface area (Å²) in [5.74, 6) is -0.107. The van der Waals surface area contributed by atoms with Crippen LogP contribution < -0.4 is 11.2 Å². The minimum absolute atomic E-state index is 0.107. The summed E-state index contributed by atoms with van der Waals surface area (Å²) < 4.78 is 0. The molecule has 1 amide bonds. The Kier molecular flexibility index (Phi) is 4.19. The Labute approximate surface area is 116 Å². The lowest BCUT2D eigenvalue weighted by Gasteiger charge is -2.22. The van der Waals surface area contributed by atoms with Crippen LogP contribution in [0.3, 0.4) is 0 Å². The standard InChI is InChI=1S/C12H17N3OS2/c1-2-15(12(13)17)14-11(16)9-7-18-10-6-4-3-5-8(9)10/h7H,2-6H2,1H3,(H2,13,17)(H,14,16). The summed E-state index contributed by atoms with van der Waals surface area (Å²) in [5, 5.41) is 3.62. The zero-order chi connectivity index (χ0) is 13.1. The van der Waals surface area contributed by atoms with Gasteiger partial charge < -0.3 is 5.73 Å². The minimum atomic E-state index is -0.107. The van der Waals surface area contributed by atoms with Gasteiger partial charge in [-0.2, -0.15) is 0 Å². The van der Waals surface area contributed by atoms with Crippen LogP contribution in [0.15, 0.2) is 5.38 Å². The molecule has 0 saturated carbocycles. The number of nitrogens with zero attached hydrogens (tertiary/aromatic N) is 1. The third-order valence-corrected chi connectivity index (χ3v) is 4.43. The molecule has 6 heteroatoms. The molecular weight excluding hydrogens is 266 g/mol. The fourth-order valence-corrected chi connectivity index (χ4v) is 3.46. The van der Waals surface area contributed by atoms with Crippen molar-refractivity contribution < 1.29 is 4.79 Å². The SMILES string of the molecule is CCN(NC(=O)c1csc2c1CCCC2)C(N)=S. The molecule has 1 aliphatic carbocycles. The molecule has 0 spiro atoms. The Balaban J connectivity index is 2.14. The summed E-state index contributed by atoms with van der Waals surface area (Å²) in [6.07, 6.45) is 4.49. The van der Waals surface area contributed by atoms with Gasteiger partial charge in [-0.1, -0.05) is 0 Å². The van der Waals surface area contributed by atoms with Crippen LogP contribution in [0, 0.1) is 0 Å². The van der Waals surface area contributed by atoms with E-state index in [4.69, 9.17) is 18.0 Å². The number of hydrogen-bond acceptors (Lipinski definition) is 3. The Morgan fingerprint density at radius 1 is 1.56 bits per heavy atom. The molecule has 0 bridgehead atoms. The predicted octanol–water partition coefficient (Wildman–Crippen LogP) is 1.84. The first kappa shape index (κ1) is 13.3. The Hall–Kier alpha value is -1.14. The number of rotatable bonds is 2. The van der Waals surface area contributed by atoms with Crippen LogP contribution in [0.2, 0.25) is 0 Å². The molecular formula is C12H17N3OS2. The highest BCUT2D eigenvalue weighted by Gasteiger charge is 2.21. The van der Waals surface area contributed by atoms with Gasteiger partial charge in [0.2, 0.25) is 0 Å². The maximum atomic E-state index is 12.2. The summed E-state index contributed by atoms with van der Waals surface area (Å²) in [4.78, 5) is 13.5. The molecule has 0 radical (unpaired) electrons. The van der Waals surface area contributed by atoms with Gasteiger partial charge in [0, 0.05) is 16.8 Å². The van der Waals surface area contributed by atoms with E-state index >= 15 is 0 Å². The van der Waals surface area contributed by atoms with Gasteiger partial charge in [-0.25, -0.2) is 0 Å².